The van der Waals surface area contributed by atoms with E-state index in [4.69, 9.17) is 9.84 Å². The van der Waals surface area contributed by atoms with Crippen molar-refractivity contribution in [3.05, 3.63) is 29.8 Å². The van der Waals surface area contributed by atoms with Gasteiger partial charge in [-0.15, -0.1) is 0 Å². The van der Waals surface area contributed by atoms with Crippen LogP contribution in [0.1, 0.15) is 24.8 Å². The maximum Gasteiger partial charge on any atom is 0.314 e. The lowest BCUT2D eigenvalue weighted by Crippen LogP contribution is -2.27. The van der Waals surface area contributed by atoms with Crippen LogP contribution in [0.2, 0.25) is 0 Å². The maximum atomic E-state index is 11.7. The molecule has 0 saturated heterocycles. The van der Waals surface area contributed by atoms with Crippen LogP contribution in [-0.2, 0) is 11.2 Å². The molecule has 0 aliphatic carbocycles. The smallest absolute Gasteiger partial charge is 0.314 e. The van der Waals surface area contributed by atoms with Crippen molar-refractivity contribution in [2.75, 3.05) is 6.61 Å². The highest BCUT2D eigenvalue weighted by atomic mass is 16.5. The first-order valence-corrected chi connectivity index (χ1v) is 5.71. The minimum absolute atomic E-state index is 0.0403. The number of para-hydroxylation sites is 1. The molecule has 1 unspecified atom stereocenters. The van der Waals surface area contributed by atoms with E-state index in [1.165, 1.54) is 0 Å². The second kappa shape index (κ2) is 5.12. The number of hydrogen-bond acceptors (Lipinski definition) is 3. The molecule has 1 aromatic carbocycles. The number of unbranched alkanes of at least 4 members (excludes halogenated alkanes) is 1. The Morgan fingerprint density at radius 3 is 2.94 bits per heavy atom. The Bertz CT molecular complexity index is 373. The van der Waals surface area contributed by atoms with Gasteiger partial charge >= 0.3 is 5.97 Å². The summed E-state index contributed by atoms with van der Waals surface area (Å²) in [4.78, 5) is 11.7. The van der Waals surface area contributed by atoms with Gasteiger partial charge in [0.05, 0.1) is 5.92 Å². The van der Waals surface area contributed by atoms with Crippen molar-refractivity contribution in [1.29, 1.82) is 0 Å². The SMILES string of the molecule is O=C1Oc2ccccc2CC1CCCCO. The molecule has 1 heterocycles. The Kier molecular flexibility index (Phi) is 3.57. The summed E-state index contributed by atoms with van der Waals surface area (Å²) >= 11 is 0. The number of carbonyl (C=O) groups excluding carboxylic acids is 1. The molecule has 1 aliphatic rings. The zero-order valence-corrected chi connectivity index (χ0v) is 9.19. The number of ether oxygens (including phenoxy) is 1. The van der Waals surface area contributed by atoms with Crippen LogP contribution < -0.4 is 4.74 Å². The van der Waals surface area contributed by atoms with Crippen LogP contribution in [0.5, 0.6) is 5.75 Å². The molecule has 86 valence electrons. The minimum Gasteiger partial charge on any atom is -0.426 e. The lowest BCUT2D eigenvalue weighted by Gasteiger charge is -2.22. The zero-order chi connectivity index (χ0) is 11.4. The summed E-state index contributed by atoms with van der Waals surface area (Å²) in [6, 6.07) is 7.67. The van der Waals surface area contributed by atoms with Gasteiger partial charge in [0.2, 0.25) is 0 Å². The van der Waals surface area contributed by atoms with Crippen LogP contribution in [0.4, 0.5) is 0 Å². The molecule has 3 heteroatoms. The summed E-state index contributed by atoms with van der Waals surface area (Å²) in [5.74, 6) is 0.531. The third-order valence-electron chi connectivity index (χ3n) is 2.94. The molecule has 1 aromatic rings. The topological polar surface area (TPSA) is 46.5 Å². The highest BCUT2D eigenvalue weighted by Crippen LogP contribution is 2.29. The fraction of sp³-hybridized carbons (Fsp3) is 0.462. The normalized spacial score (nSPS) is 19.1. The molecule has 0 fully saturated rings. The molecule has 1 aliphatic heterocycles. The predicted octanol–water partition coefficient (Wildman–Crippen LogP) is 1.93. The molecular weight excluding hydrogens is 204 g/mol. The van der Waals surface area contributed by atoms with Crippen LogP contribution in [0, 0.1) is 5.92 Å². The first-order valence-electron chi connectivity index (χ1n) is 5.71. The van der Waals surface area contributed by atoms with Crippen LogP contribution in [0.15, 0.2) is 24.3 Å². The van der Waals surface area contributed by atoms with Crippen LogP contribution in [0.3, 0.4) is 0 Å². The number of carbonyl (C=O) groups is 1. The molecule has 16 heavy (non-hydrogen) atoms. The lowest BCUT2D eigenvalue weighted by atomic mass is 9.92. The molecule has 0 aromatic heterocycles. The Labute approximate surface area is 95.0 Å². The van der Waals surface area contributed by atoms with Gasteiger partial charge < -0.3 is 9.84 Å². The van der Waals surface area contributed by atoms with Gasteiger partial charge in [-0.05, 0) is 30.9 Å². The number of aliphatic hydroxyl groups is 1. The second-order valence-corrected chi connectivity index (χ2v) is 4.15. The van der Waals surface area contributed by atoms with E-state index in [0.29, 0.717) is 5.75 Å². The summed E-state index contributed by atoms with van der Waals surface area (Å²) in [6.07, 6.45) is 3.19. The minimum atomic E-state index is -0.128. The van der Waals surface area contributed by atoms with E-state index in [1.807, 2.05) is 24.3 Å². The van der Waals surface area contributed by atoms with E-state index in [-0.39, 0.29) is 18.5 Å². The summed E-state index contributed by atoms with van der Waals surface area (Å²) in [6.45, 7) is 0.193. The Morgan fingerprint density at radius 2 is 2.12 bits per heavy atom. The molecule has 0 amide bonds. The van der Waals surface area contributed by atoms with E-state index in [0.717, 1.165) is 31.2 Å². The number of esters is 1. The summed E-state index contributed by atoms with van der Waals surface area (Å²) in [7, 11) is 0. The number of fused-ring (bicyclic) bond motifs is 1. The van der Waals surface area contributed by atoms with Gasteiger partial charge in [0.15, 0.2) is 0 Å². The number of benzene rings is 1. The molecule has 0 spiro atoms. The van der Waals surface area contributed by atoms with Crippen LogP contribution >= 0.6 is 0 Å². The van der Waals surface area contributed by atoms with Crippen molar-refractivity contribution in [1.82, 2.24) is 0 Å². The molecule has 0 bridgehead atoms. The standard InChI is InChI=1S/C13H16O3/c14-8-4-3-6-11-9-10-5-1-2-7-12(10)16-13(11)15/h1-2,5,7,11,14H,3-4,6,8-9H2. The van der Waals surface area contributed by atoms with Crippen molar-refractivity contribution in [3.8, 4) is 5.75 Å². The van der Waals surface area contributed by atoms with E-state index < -0.39 is 0 Å². The molecular formula is C13H16O3. The molecule has 1 N–H and O–H groups in total. The van der Waals surface area contributed by atoms with Crippen molar-refractivity contribution in [3.63, 3.8) is 0 Å². The van der Waals surface area contributed by atoms with Crippen LogP contribution in [0.25, 0.3) is 0 Å². The number of aliphatic hydroxyl groups excluding tert-OH is 1. The van der Waals surface area contributed by atoms with Gasteiger partial charge in [0.25, 0.3) is 0 Å². The highest BCUT2D eigenvalue weighted by molar-refractivity contribution is 5.77. The summed E-state index contributed by atoms with van der Waals surface area (Å²) in [5.41, 5.74) is 1.11. The van der Waals surface area contributed by atoms with Crippen molar-refractivity contribution in [2.45, 2.75) is 25.7 Å². The average molecular weight is 220 g/mol. The van der Waals surface area contributed by atoms with E-state index in [9.17, 15) is 4.79 Å². The molecule has 1 atom stereocenters. The lowest BCUT2D eigenvalue weighted by molar-refractivity contribution is -0.140. The van der Waals surface area contributed by atoms with E-state index >= 15 is 0 Å². The third kappa shape index (κ3) is 2.42. The van der Waals surface area contributed by atoms with Crippen molar-refractivity contribution >= 4 is 5.97 Å². The van der Waals surface area contributed by atoms with E-state index in [2.05, 4.69) is 0 Å². The Balaban J connectivity index is 2.01. The quantitative estimate of drug-likeness (QED) is 0.479. The third-order valence-corrected chi connectivity index (χ3v) is 2.94. The monoisotopic (exact) mass is 220 g/mol. The molecule has 0 radical (unpaired) electrons. The van der Waals surface area contributed by atoms with Gasteiger partial charge in [0.1, 0.15) is 5.75 Å². The second-order valence-electron chi connectivity index (χ2n) is 4.15. The highest BCUT2D eigenvalue weighted by Gasteiger charge is 2.27. The van der Waals surface area contributed by atoms with Gasteiger partial charge in [-0.3, -0.25) is 4.79 Å². The van der Waals surface area contributed by atoms with Gasteiger partial charge in [0, 0.05) is 6.61 Å². The zero-order valence-electron chi connectivity index (χ0n) is 9.19. The van der Waals surface area contributed by atoms with Crippen molar-refractivity contribution in [2.24, 2.45) is 5.92 Å². The number of hydrogen-bond donors (Lipinski definition) is 1. The average Bonchev–Trinajstić information content (AvgIpc) is 2.30. The van der Waals surface area contributed by atoms with Crippen molar-refractivity contribution < 1.29 is 14.6 Å². The van der Waals surface area contributed by atoms with Crippen LogP contribution in [-0.4, -0.2) is 17.7 Å². The Morgan fingerprint density at radius 1 is 1.31 bits per heavy atom. The maximum absolute atomic E-state index is 11.7. The molecule has 0 saturated carbocycles. The largest absolute Gasteiger partial charge is 0.426 e. The van der Waals surface area contributed by atoms with Gasteiger partial charge in [-0.2, -0.15) is 0 Å². The number of rotatable bonds is 4. The fourth-order valence-electron chi connectivity index (χ4n) is 2.03. The first-order chi connectivity index (χ1) is 7.81. The fourth-order valence-corrected chi connectivity index (χ4v) is 2.03. The molecule has 3 nitrogen and oxygen atoms in total. The molecule has 2 rings (SSSR count). The summed E-state index contributed by atoms with van der Waals surface area (Å²) < 4.78 is 5.27. The van der Waals surface area contributed by atoms with E-state index in [1.54, 1.807) is 0 Å². The predicted molar refractivity (Wildman–Crippen MR) is 60.2 cm³/mol. The summed E-state index contributed by atoms with van der Waals surface area (Å²) in [5, 5.41) is 8.70. The Hall–Kier alpha value is -1.35. The van der Waals surface area contributed by atoms with Gasteiger partial charge in [-0.1, -0.05) is 24.6 Å². The van der Waals surface area contributed by atoms with Gasteiger partial charge in [-0.25, -0.2) is 0 Å². The first kappa shape index (κ1) is 11.1.